The molecule has 7 heteroatoms. The van der Waals surface area contributed by atoms with Crippen molar-refractivity contribution in [2.45, 2.75) is 32.9 Å². The number of carbonyl (C=O) groups is 1. The molecule has 158 valence electrons. The Morgan fingerprint density at radius 1 is 1.07 bits per heavy atom. The number of carbonyl (C=O) groups excluding carboxylic acids is 1. The summed E-state index contributed by atoms with van der Waals surface area (Å²) in [5, 5.41) is 9.48. The average molecular weight is 426 g/mol. The molecule has 6 nitrogen and oxygen atoms in total. The zero-order valence-corrected chi connectivity index (χ0v) is 18.8. The van der Waals surface area contributed by atoms with E-state index in [1.54, 1.807) is 7.11 Å². The Bertz CT molecular complexity index is 1010. The smallest absolute Gasteiger partial charge is 0.196 e. The summed E-state index contributed by atoms with van der Waals surface area (Å²) in [6.45, 7) is 8.34. The van der Waals surface area contributed by atoms with Gasteiger partial charge in [0, 0.05) is 16.7 Å². The van der Waals surface area contributed by atoms with E-state index in [0.717, 1.165) is 22.7 Å². The maximum atomic E-state index is 12.5. The number of aromatic nitrogens is 3. The number of nitrogens with zero attached hydrogens (tertiary/aromatic N) is 3. The molecule has 0 atom stereocenters. The molecule has 0 unspecified atom stereocenters. The molecule has 2 aromatic carbocycles. The van der Waals surface area contributed by atoms with E-state index < -0.39 is 5.41 Å². The predicted octanol–water partition coefficient (Wildman–Crippen LogP) is 5.05. The van der Waals surface area contributed by atoms with Crippen molar-refractivity contribution in [2.75, 3.05) is 19.5 Å². The zero-order chi connectivity index (χ0) is 21.7. The van der Waals surface area contributed by atoms with E-state index in [4.69, 9.17) is 9.47 Å². The van der Waals surface area contributed by atoms with Gasteiger partial charge < -0.3 is 9.47 Å². The standard InChI is InChI=1S/C23H27N3O3S/c1-6-29-18-12-10-17(11-13-18)26-21(16-8-7-9-19(14-16)28-5)24-25-22(26)30-15-20(27)23(2,3)4/h7-14H,6,15H2,1-5H3. The quantitative estimate of drug-likeness (QED) is 0.471. The number of methoxy groups -OCH3 is 1. The molecule has 1 aromatic heterocycles. The Labute approximate surface area is 181 Å². The van der Waals surface area contributed by atoms with Crippen LogP contribution in [0.3, 0.4) is 0 Å². The van der Waals surface area contributed by atoms with Crippen LogP contribution in [-0.4, -0.2) is 40.0 Å². The zero-order valence-electron chi connectivity index (χ0n) is 18.0. The molecule has 0 aliphatic rings. The van der Waals surface area contributed by atoms with Gasteiger partial charge in [-0.2, -0.15) is 0 Å². The van der Waals surface area contributed by atoms with Gasteiger partial charge in [-0.3, -0.25) is 9.36 Å². The summed E-state index contributed by atoms with van der Waals surface area (Å²) in [7, 11) is 1.63. The van der Waals surface area contributed by atoms with Gasteiger partial charge in [0.2, 0.25) is 0 Å². The van der Waals surface area contributed by atoms with Crippen molar-refractivity contribution in [3.05, 3.63) is 48.5 Å². The van der Waals surface area contributed by atoms with Gasteiger partial charge in [0.25, 0.3) is 0 Å². The minimum absolute atomic E-state index is 0.164. The van der Waals surface area contributed by atoms with Gasteiger partial charge in [-0.05, 0) is 43.3 Å². The summed E-state index contributed by atoms with van der Waals surface area (Å²) in [5.41, 5.74) is 1.38. The highest BCUT2D eigenvalue weighted by Gasteiger charge is 2.23. The Hall–Kier alpha value is -2.80. The van der Waals surface area contributed by atoms with Gasteiger partial charge in [-0.1, -0.05) is 44.7 Å². The summed E-state index contributed by atoms with van der Waals surface area (Å²) in [4.78, 5) is 12.5. The number of benzene rings is 2. The van der Waals surface area contributed by atoms with Crippen LogP contribution in [0.5, 0.6) is 11.5 Å². The summed E-state index contributed by atoms with van der Waals surface area (Å²) < 4.78 is 12.9. The minimum Gasteiger partial charge on any atom is -0.497 e. The fraction of sp³-hybridized carbons (Fsp3) is 0.348. The topological polar surface area (TPSA) is 66.2 Å². The lowest BCUT2D eigenvalue weighted by Crippen LogP contribution is -2.22. The number of hydrogen-bond acceptors (Lipinski definition) is 6. The number of Topliss-reactive ketones (excluding diaryl/α,β-unsaturated/α-hetero) is 1. The van der Waals surface area contributed by atoms with Crippen molar-refractivity contribution in [3.63, 3.8) is 0 Å². The highest BCUT2D eigenvalue weighted by Crippen LogP contribution is 2.31. The SMILES string of the molecule is CCOc1ccc(-n2c(SCC(=O)C(C)(C)C)nnc2-c2cccc(OC)c2)cc1. The third-order valence-electron chi connectivity index (χ3n) is 4.54. The Morgan fingerprint density at radius 2 is 1.80 bits per heavy atom. The number of rotatable bonds is 8. The highest BCUT2D eigenvalue weighted by molar-refractivity contribution is 7.99. The Kier molecular flexibility index (Phi) is 6.82. The molecule has 0 fully saturated rings. The molecule has 0 aliphatic heterocycles. The van der Waals surface area contributed by atoms with Crippen LogP contribution in [0, 0.1) is 5.41 Å². The molecule has 0 saturated heterocycles. The monoisotopic (exact) mass is 425 g/mol. The second-order valence-corrected chi connectivity index (χ2v) is 8.70. The van der Waals surface area contributed by atoms with Crippen LogP contribution in [0.2, 0.25) is 0 Å². The van der Waals surface area contributed by atoms with E-state index in [-0.39, 0.29) is 5.78 Å². The summed E-state index contributed by atoms with van der Waals surface area (Å²) >= 11 is 1.39. The van der Waals surface area contributed by atoms with Crippen molar-refractivity contribution < 1.29 is 14.3 Å². The first kappa shape index (κ1) is 21.9. The van der Waals surface area contributed by atoms with Crippen LogP contribution < -0.4 is 9.47 Å². The van der Waals surface area contributed by atoms with E-state index in [1.165, 1.54) is 11.8 Å². The fourth-order valence-corrected chi connectivity index (χ4v) is 3.86. The molecule has 0 saturated carbocycles. The maximum Gasteiger partial charge on any atom is 0.196 e. The minimum atomic E-state index is -0.396. The lowest BCUT2D eigenvalue weighted by Gasteiger charge is -2.16. The second-order valence-electron chi connectivity index (χ2n) is 7.76. The predicted molar refractivity (Wildman–Crippen MR) is 120 cm³/mol. The van der Waals surface area contributed by atoms with Crippen LogP contribution in [0.15, 0.2) is 53.7 Å². The third kappa shape index (κ3) is 5.02. The van der Waals surface area contributed by atoms with Crippen molar-refractivity contribution in [3.8, 4) is 28.6 Å². The Morgan fingerprint density at radius 3 is 2.43 bits per heavy atom. The number of ketones is 1. The first-order chi connectivity index (χ1) is 14.3. The van der Waals surface area contributed by atoms with Crippen molar-refractivity contribution in [1.82, 2.24) is 14.8 Å². The van der Waals surface area contributed by atoms with Crippen LogP contribution in [0.25, 0.3) is 17.1 Å². The molecule has 0 bridgehead atoms. The van der Waals surface area contributed by atoms with Crippen LogP contribution in [0.1, 0.15) is 27.7 Å². The first-order valence-electron chi connectivity index (χ1n) is 9.82. The van der Waals surface area contributed by atoms with E-state index in [0.29, 0.717) is 23.3 Å². The molecule has 1 heterocycles. The second kappa shape index (κ2) is 9.34. The molecule has 0 aliphatic carbocycles. The summed E-state index contributed by atoms with van der Waals surface area (Å²) in [6.07, 6.45) is 0. The number of thioether (sulfide) groups is 1. The van der Waals surface area contributed by atoms with Gasteiger partial charge in [0.05, 0.1) is 19.5 Å². The van der Waals surface area contributed by atoms with Crippen molar-refractivity contribution >= 4 is 17.5 Å². The molecule has 0 spiro atoms. The highest BCUT2D eigenvalue weighted by atomic mass is 32.2. The van der Waals surface area contributed by atoms with E-state index in [1.807, 2.05) is 80.8 Å². The van der Waals surface area contributed by atoms with Gasteiger partial charge >= 0.3 is 0 Å². The van der Waals surface area contributed by atoms with E-state index >= 15 is 0 Å². The molecule has 0 N–H and O–H groups in total. The molecule has 3 rings (SSSR count). The molecule has 0 radical (unpaired) electrons. The largest absolute Gasteiger partial charge is 0.497 e. The van der Waals surface area contributed by atoms with Gasteiger partial charge in [0.15, 0.2) is 11.0 Å². The summed E-state index contributed by atoms with van der Waals surface area (Å²) in [5.74, 6) is 2.72. The summed E-state index contributed by atoms with van der Waals surface area (Å²) in [6, 6.07) is 15.5. The van der Waals surface area contributed by atoms with Crippen molar-refractivity contribution in [2.24, 2.45) is 5.41 Å². The van der Waals surface area contributed by atoms with E-state index in [2.05, 4.69) is 10.2 Å². The van der Waals surface area contributed by atoms with E-state index in [9.17, 15) is 4.79 Å². The average Bonchev–Trinajstić information content (AvgIpc) is 3.16. The normalized spacial score (nSPS) is 11.4. The lowest BCUT2D eigenvalue weighted by molar-refractivity contribution is -0.123. The fourth-order valence-electron chi connectivity index (χ4n) is 2.75. The maximum absolute atomic E-state index is 12.5. The third-order valence-corrected chi connectivity index (χ3v) is 5.47. The van der Waals surface area contributed by atoms with Gasteiger partial charge in [-0.25, -0.2) is 0 Å². The van der Waals surface area contributed by atoms with Crippen molar-refractivity contribution in [1.29, 1.82) is 0 Å². The lowest BCUT2D eigenvalue weighted by atomic mass is 9.92. The molecule has 30 heavy (non-hydrogen) atoms. The van der Waals surface area contributed by atoms with Crippen LogP contribution in [0.4, 0.5) is 0 Å². The van der Waals surface area contributed by atoms with Crippen LogP contribution in [-0.2, 0) is 4.79 Å². The number of ether oxygens (including phenoxy) is 2. The molecular formula is C23H27N3O3S. The van der Waals surface area contributed by atoms with Crippen LogP contribution >= 0.6 is 11.8 Å². The van der Waals surface area contributed by atoms with Gasteiger partial charge in [0.1, 0.15) is 17.3 Å². The Balaban J connectivity index is 2.02. The first-order valence-corrected chi connectivity index (χ1v) is 10.8. The number of hydrogen-bond donors (Lipinski definition) is 0. The molecule has 0 amide bonds. The van der Waals surface area contributed by atoms with Gasteiger partial charge in [-0.15, -0.1) is 10.2 Å². The molecular weight excluding hydrogens is 398 g/mol. The molecule has 3 aromatic rings.